The lowest BCUT2D eigenvalue weighted by atomic mass is 10.0. The number of ketones is 1. The number of amides is 2. The van der Waals surface area contributed by atoms with Crippen LogP contribution in [0.25, 0.3) is 17.0 Å². The van der Waals surface area contributed by atoms with Crippen molar-refractivity contribution in [1.82, 2.24) is 19.7 Å². The number of rotatable bonds is 5. The molecule has 3 heterocycles. The van der Waals surface area contributed by atoms with Gasteiger partial charge in [-0.15, -0.1) is 0 Å². The second kappa shape index (κ2) is 12.1. The first-order valence-electron chi connectivity index (χ1n) is 15.1. The number of hydrogen-bond acceptors (Lipinski definition) is 8. The Labute approximate surface area is 263 Å². The van der Waals surface area contributed by atoms with Gasteiger partial charge in [-0.25, -0.2) is 9.59 Å². The van der Waals surface area contributed by atoms with Gasteiger partial charge in [0.05, 0.1) is 23.2 Å². The van der Waals surface area contributed by atoms with E-state index in [1.54, 1.807) is 30.3 Å². The SMILES string of the molecule is CN(Cc1cccc2c(/C=C3\Oc4c(ccc(O)c4CN4CCN(C(=O)OC(C)(C)C)CC4)C3=O)c[nH]c12)C(=O)OC(C)(C)C. The van der Waals surface area contributed by atoms with Crippen LogP contribution in [0.5, 0.6) is 11.5 Å². The highest BCUT2D eigenvalue weighted by Crippen LogP contribution is 2.40. The number of aromatic nitrogens is 1. The number of fused-ring (bicyclic) bond motifs is 2. The molecule has 0 atom stereocenters. The van der Waals surface area contributed by atoms with Gasteiger partial charge in [-0.1, -0.05) is 18.2 Å². The molecular weight excluding hydrogens is 576 g/mol. The summed E-state index contributed by atoms with van der Waals surface area (Å²) in [5.41, 5.74) is 2.25. The lowest BCUT2D eigenvalue weighted by molar-refractivity contribution is 0.0137. The van der Waals surface area contributed by atoms with Crippen LogP contribution in [-0.2, 0) is 22.6 Å². The summed E-state index contributed by atoms with van der Waals surface area (Å²) in [7, 11) is 1.69. The third-order valence-electron chi connectivity index (χ3n) is 7.55. The van der Waals surface area contributed by atoms with E-state index in [9.17, 15) is 19.5 Å². The zero-order valence-electron chi connectivity index (χ0n) is 27.0. The zero-order valence-corrected chi connectivity index (χ0v) is 27.0. The number of phenols is 1. The van der Waals surface area contributed by atoms with E-state index < -0.39 is 17.3 Å². The van der Waals surface area contributed by atoms with Crippen molar-refractivity contribution in [3.8, 4) is 11.5 Å². The number of H-pyrrole nitrogens is 1. The summed E-state index contributed by atoms with van der Waals surface area (Å²) in [6.45, 7) is 13.8. The average Bonchev–Trinajstić information content (AvgIpc) is 3.50. The van der Waals surface area contributed by atoms with E-state index in [2.05, 4.69) is 9.88 Å². The van der Waals surface area contributed by atoms with Crippen molar-refractivity contribution < 1.29 is 33.7 Å². The molecule has 1 saturated heterocycles. The Morgan fingerprint density at radius 1 is 1.02 bits per heavy atom. The van der Waals surface area contributed by atoms with Crippen LogP contribution in [0.2, 0.25) is 0 Å². The Hall–Kier alpha value is -4.51. The third kappa shape index (κ3) is 7.25. The number of hydrogen-bond donors (Lipinski definition) is 2. The van der Waals surface area contributed by atoms with Crippen LogP contribution in [0.3, 0.4) is 0 Å². The number of benzene rings is 2. The maximum atomic E-state index is 13.4. The van der Waals surface area contributed by atoms with E-state index in [0.717, 1.165) is 22.0 Å². The number of nitrogens with zero attached hydrogens (tertiary/aromatic N) is 3. The van der Waals surface area contributed by atoms with E-state index in [0.29, 0.717) is 56.1 Å². The molecule has 0 unspecified atom stereocenters. The van der Waals surface area contributed by atoms with Gasteiger partial charge in [0.15, 0.2) is 5.76 Å². The molecule has 45 heavy (non-hydrogen) atoms. The van der Waals surface area contributed by atoms with Crippen molar-refractivity contribution in [3.05, 3.63) is 64.5 Å². The third-order valence-corrected chi connectivity index (χ3v) is 7.55. The lowest BCUT2D eigenvalue weighted by Crippen LogP contribution is -2.49. The molecule has 5 rings (SSSR count). The molecule has 2 aromatic carbocycles. The maximum absolute atomic E-state index is 13.4. The largest absolute Gasteiger partial charge is 0.507 e. The van der Waals surface area contributed by atoms with Gasteiger partial charge in [0, 0.05) is 56.9 Å². The van der Waals surface area contributed by atoms with Gasteiger partial charge in [0.1, 0.15) is 22.7 Å². The number of aromatic hydroxyl groups is 1. The molecule has 3 aromatic rings. The van der Waals surface area contributed by atoms with Crippen molar-refractivity contribution in [2.24, 2.45) is 0 Å². The number of ether oxygens (including phenoxy) is 3. The Bertz CT molecular complexity index is 1650. The number of aromatic amines is 1. The van der Waals surface area contributed by atoms with Gasteiger partial charge in [-0.3, -0.25) is 9.69 Å². The van der Waals surface area contributed by atoms with Crippen molar-refractivity contribution in [1.29, 1.82) is 0 Å². The van der Waals surface area contributed by atoms with Crippen molar-refractivity contribution in [2.75, 3.05) is 33.2 Å². The monoisotopic (exact) mass is 618 g/mol. The standard InChI is InChI=1S/C34H42N4O7/c1-33(2,3)44-31(41)36(7)19-21-9-8-10-23-22(18-35-28(21)23)17-27-29(40)24-11-12-26(39)25(30(24)43-27)20-37-13-15-38(16-14-37)32(42)45-34(4,5)6/h8-12,17-18,35,39H,13-16,19-20H2,1-7H3/b27-17-. The molecule has 0 bridgehead atoms. The lowest BCUT2D eigenvalue weighted by Gasteiger charge is -2.35. The Morgan fingerprint density at radius 3 is 2.38 bits per heavy atom. The fourth-order valence-electron chi connectivity index (χ4n) is 5.38. The van der Waals surface area contributed by atoms with E-state index in [1.165, 1.54) is 11.0 Å². The first kappa shape index (κ1) is 31.9. The molecule has 11 heteroatoms. The molecule has 240 valence electrons. The highest BCUT2D eigenvalue weighted by atomic mass is 16.6. The van der Waals surface area contributed by atoms with Crippen molar-refractivity contribution in [3.63, 3.8) is 0 Å². The number of carbonyl (C=O) groups is 3. The van der Waals surface area contributed by atoms with Gasteiger partial charge in [-0.05, 0) is 65.3 Å². The van der Waals surface area contributed by atoms with E-state index in [-0.39, 0.29) is 23.4 Å². The van der Waals surface area contributed by atoms with Gasteiger partial charge < -0.3 is 34.1 Å². The number of para-hydroxylation sites is 1. The summed E-state index contributed by atoms with van der Waals surface area (Å²) in [6.07, 6.45) is 2.74. The topological polar surface area (TPSA) is 125 Å². The summed E-state index contributed by atoms with van der Waals surface area (Å²) in [5, 5.41) is 11.7. The van der Waals surface area contributed by atoms with E-state index in [4.69, 9.17) is 14.2 Å². The zero-order chi connectivity index (χ0) is 32.7. The van der Waals surface area contributed by atoms with Crippen molar-refractivity contribution >= 4 is 34.9 Å². The number of Topliss-reactive ketones (excluding diaryl/α,β-unsaturated/α-hetero) is 1. The minimum Gasteiger partial charge on any atom is -0.507 e. The van der Waals surface area contributed by atoms with Crippen LogP contribution < -0.4 is 4.74 Å². The molecule has 2 amide bonds. The molecule has 0 saturated carbocycles. The molecule has 0 aliphatic carbocycles. The molecule has 2 aliphatic heterocycles. The minimum absolute atomic E-state index is 0.0446. The van der Waals surface area contributed by atoms with Crippen LogP contribution in [0.15, 0.2) is 42.3 Å². The highest BCUT2D eigenvalue weighted by Gasteiger charge is 2.33. The minimum atomic E-state index is -0.595. The summed E-state index contributed by atoms with van der Waals surface area (Å²) in [5.74, 6) is 0.281. The summed E-state index contributed by atoms with van der Waals surface area (Å²) in [6, 6.07) is 8.88. The highest BCUT2D eigenvalue weighted by molar-refractivity contribution is 6.15. The fraction of sp³-hybridized carbons (Fsp3) is 0.441. The summed E-state index contributed by atoms with van der Waals surface area (Å²) in [4.78, 5) is 47.0. The van der Waals surface area contributed by atoms with E-state index >= 15 is 0 Å². The summed E-state index contributed by atoms with van der Waals surface area (Å²) < 4.78 is 17.1. The van der Waals surface area contributed by atoms with Crippen LogP contribution in [-0.4, -0.2) is 87.2 Å². The molecule has 11 nitrogen and oxygen atoms in total. The first-order valence-corrected chi connectivity index (χ1v) is 15.1. The van der Waals surface area contributed by atoms with Crippen LogP contribution >= 0.6 is 0 Å². The molecule has 1 fully saturated rings. The molecule has 0 radical (unpaired) electrons. The molecule has 1 aromatic heterocycles. The number of carbonyl (C=O) groups excluding carboxylic acids is 3. The second-order valence-corrected chi connectivity index (χ2v) is 13.5. The van der Waals surface area contributed by atoms with Crippen LogP contribution in [0.4, 0.5) is 9.59 Å². The number of piperazine rings is 1. The Balaban J connectivity index is 1.31. The Kier molecular flexibility index (Phi) is 8.59. The van der Waals surface area contributed by atoms with Gasteiger partial charge in [0.25, 0.3) is 0 Å². The smallest absolute Gasteiger partial charge is 0.410 e. The molecule has 0 spiro atoms. The van der Waals surface area contributed by atoms with Gasteiger partial charge in [0.2, 0.25) is 5.78 Å². The normalized spacial score (nSPS) is 16.6. The predicted octanol–water partition coefficient (Wildman–Crippen LogP) is 5.91. The molecule has 2 aliphatic rings. The number of phenolic OH excluding ortho intramolecular Hbond substituents is 1. The maximum Gasteiger partial charge on any atom is 0.410 e. The summed E-state index contributed by atoms with van der Waals surface area (Å²) >= 11 is 0. The van der Waals surface area contributed by atoms with Crippen LogP contribution in [0.1, 0.15) is 68.6 Å². The first-order chi connectivity index (χ1) is 21.1. The van der Waals surface area contributed by atoms with Crippen LogP contribution in [0, 0.1) is 0 Å². The average molecular weight is 619 g/mol. The number of nitrogens with one attached hydrogen (secondary N) is 1. The van der Waals surface area contributed by atoms with Crippen molar-refractivity contribution in [2.45, 2.75) is 65.8 Å². The molecular formula is C34H42N4O7. The Morgan fingerprint density at radius 2 is 1.71 bits per heavy atom. The van der Waals surface area contributed by atoms with Gasteiger partial charge in [-0.2, -0.15) is 0 Å². The predicted molar refractivity (Wildman–Crippen MR) is 170 cm³/mol. The molecule has 2 N–H and O–H groups in total. The number of allylic oxidation sites excluding steroid dienone is 1. The van der Waals surface area contributed by atoms with Gasteiger partial charge >= 0.3 is 12.2 Å². The second-order valence-electron chi connectivity index (χ2n) is 13.5. The van der Waals surface area contributed by atoms with E-state index in [1.807, 2.05) is 59.7 Å². The quantitative estimate of drug-likeness (QED) is 0.338. The fourth-order valence-corrected chi connectivity index (χ4v) is 5.38.